The summed E-state index contributed by atoms with van der Waals surface area (Å²) in [6.07, 6.45) is 1.54. The Morgan fingerprint density at radius 1 is 1.47 bits per heavy atom. The van der Waals surface area contributed by atoms with Crippen LogP contribution in [0, 0.1) is 0 Å². The Morgan fingerprint density at radius 2 is 2.24 bits per heavy atom. The number of hydrogen-bond acceptors (Lipinski definition) is 4. The van der Waals surface area contributed by atoms with Crippen LogP contribution in [0.4, 0.5) is 0 Å². The molecule has 5 nitrogen and oxygen atoms in total. The lowest BCUT2D eigenvalue weighted by Crippen LogP contribution is -2.22. The number of methoxy groups -OCH3 is 1. The molecule has 0 aliphatic carbocycles. The summed E-state index contributed by atoms with van der Waals surface area (Å²) in [5, 5.41) is 10.5. The quantitative estimate of drug-likeness (QED) is 0.833. The van der Waals surface area contributed by atoms with E-state index < -0.39 is 12.0 Å². The molecule has 0 spiro atoms. The summed E-state index contributed by atoms with van der Waals surface area (Å²) in [4.78, 5) is 14.9. The molecule has 3 N–H and O–H groups in total. The standard InChI is InChI=1S/C12H12N2O3/c1-17-8-2-3-9-7(6-8)4-5-14-11(9)10(13)12(15)16/h2-6,10H,13H2,1H3,(H,15,16). The Hall–Kier alpha value is -2.14. The largest absolute Gasteiger partial charge is 0.497 e. The van der Waals surface area contributed by atoms with Gasteiger partial charge in [0, 0.05) is 11.6 Å². The maximum atomic E-state index is 10.9. The van der Waals surface area contributed by atoms with Crippen LogP contribution >= 0.6 is 0 Å². The van der Waals surface area contributed by atoms with E-state index in [0.717, 1.165) is 10.8 Å². The number of rotatable bonds is 3. The van der Waals surface area contributed by atoms with Gasteiger partial charge in [-0.05, 0) is 29.7 Å². The van der Waals surface area contributed by atoms with Gasteiger partial charge in [0.25, 0.3) is 0 Å². The fourth-order valence-electron chi connectivity index (χ4n) is 1.67. The summed E-state index contributed by atoms with van der Waals surface area (Å²) in [5.41, 5.74) is 5.94. The SMILES string of the molecule is COc1ccc2c(C(N)C(=O)O)nccc2c1. The maximum Gasteiger partial charge on any atom is 0.326 e. The minimum atomic E-state index is -1.12. The fourth-order valence-corrected chi connectivity index (χ4v) is 1.67. The van der Waals surface area contributed by atoms with Crippen LogP contribution in [0.3, 0.4) is 0 Å². The summed E-state index contributed by atoms with van der Waals surface area (Å²) in [5.74, 6) is -0.389. The molecule has 0 fully saturated rings. The molecule has 0 amide bonds. The Labute approximate surface area is 97.8 Å². The molecule has 2 aromatic rings. The predicted molar refractivity (Wildman–Crippen MR) is 62.9 cm³/mol. The molecule has 0 aliphatic rings. The third-order valence-corrected chi connectivity index (χ3v) is 2.56. The minimum Gasteiger partial charge on any atom is -0.497 e. The zero-order valence-electron chi connectivity index (χ0n) is 9.25. The minimum absolute atomic E-state index is 0.359. The van der Waals surface area contributed by atoms with Crippen molar-refractivity contribution in [1.29, 1.82) is 0 Å². The second-order valence-electron chi connectivity index (χ2n) is 3.60. The molecule has 5 heteroatoms. The van der Waals surface area contributed by atoms with Crippen LogP contribution in [-0.4, -0.2) is 23.2 Å². The first-order valence-electron chi connectivity index (χ1n) is 5.04. The highest BCUT2D eigenvalue weighted by molar-refractivity contribution is 5.89. The molecule has 0 radical (unpaired) electrons. The van der Waals surface area contributed by atoms with Gasteiger partial charge < -0.3 is 15.6 Å². The van der Waals surface area contributed by atoms with Gasteiger partial charge in [-0.1, -0.05) is 0 Å². The van der Waals surface area contributed by atoms with Gasteiger partial charge in [-0.15, -0.1) is 0 Å². The van der Waals surface area contributed by atoms with Crippen LogP contribution in [0.1, 0.15) is 11.7 Å². The van der Waals surface area contributed by atoms with Gasteiger partial charge in [0.15, 0.2) is 0 Å². The van der Waals surface area contributed by atoms with E-state index in [2.05, 4.69) is 4.98 Å². The average Bonchev–Trinajstić information content (AvgIpc) is 2.36. The number of fused-ring (bicyclic) bond motifs is 1. The van der Waals surface area contributed by atoms with Crippen LogP contribution in [0.2, 0.25) is 0 Å². The predicted octanol–water partition coefficient (Wildman–Crippen LogP) is 1.33. The van der Waals surface area contributed by atoms with Crippen molar-refractivity contribution >= 4 is 16.7 Å². The molecule has 2 rings (SSSR count). The van der Waals surface area contributed by atoms with E-state index in [1.54, 1.807) is 31.5 Å². The van der Waals surface area contributed by atoms with Crippen molar-refractivity contribution in [2.75, 3.05) is 7.11 Å². The van der Waals surface area contributed by atoms with Crippen molar-refractivity contribution in [2.45, 2.75) is 6.04 Å². The number of carboxylic acid groups (broad SMARTS) is 1. The molecule has 0 aliphatic heterocycles. The van der Waals surface area contributed by atoms with E-state index in [1.807, 2.05) is 6.07 Å². The smallest absolute Gasteiger partial charge is 0.326 e. The lowest BCUT2D eigenvalue weighted by molar-refractivity contribution is -0.138. The number of nitrogens with two attached hydrogens (primary N) is 1. The maximum absolute atomic E-state index is 10.9. The zero-order chi connectivity index (χ0) is 12.4. The molecule has 1 unspecified atom stereocenters. The molecule has 0 saturated carbocycles. The van der Waals surface area contributed by atoms with Crippen LogP contribution in [0.15, 0.2) is 30.5 Å². The Balaban J connectivity index is 2.62. The second kappa shape index (κ2) is 4.39. The number of aromatic nitrogens is 1. The molecule has 1 heterocycles. The third kappa shape index (κ3) is 2.05. The lowest BCUT2D eigenvalue weighted by atomic mass is 10.1. The third-order valence-electron chi connectivity index (χ3n) is 2.56. The van der Waals surface area contributed by atoms with E-state index >= 15 is 0 Å². The Kier molecular flexibility index (Phi) is 2.93. The summed E-state index contributed by atoms with van der Waals surface area (Å²) in [6, 6.07) is 6.00. The average molecular weight is 232 g/mol. The Bertz CT molecular complexity index is 569. The second-order valence-corrected chi connectivity index (χ2v) is 3.60. The van der Waals surface area contributed by atoms with E-state index in [9.17, 15) is 4.79 Å². The molecule has 17 heavy (non-hydrogen) atoms. The number of carbonyl (C=O) groups is 1. The van der Waals surface area contributed by atoms with Crippen LogP contribution < -0.4 is 10.5 Å². The van der Waals surface area contributed by atoms with Gasteiger partial charge in [-0.25, -0.2) is 0 Å². The molecule has 88 valence electrons. The number of carboxylic acids is 1. The first-order valence-corrected chi connectivity index (χ1v) is 5.04. The van der Waals surface area contributed by atoms with Gasteiger partial charge >= 0.3 is 5.97 Å². The van der Waals surface area contributed by atoms with Crippen LogP contribution in [0.25, 0.3) is 10.8 Å². The number of benzene rings is 1. The Morgan fingerprint density at radius 3 is 2.88 bits per heavy atom. The molecular weight excluding hydrogens is 220 g/mol. The molecule has 1 aromatic carbocycles. The highest BCUT2D eigenvalue weighted by Gasteiger charge is 2.18. The van der Waals surface area contributed by atoms with Crippen molar-refractivity contribution in [3.63, 3.8) is 0 Å². The van der Waals surface area contributed by atoms with E-state index in [-0.39, 0.29) is 0 Å². The number of ether oxygens (including phenoxy) is 1. The number of hydrogen-bond donors (Lipinski definition) is 2. The fraction of sp³-hybridized carbons (Fsp3) is 0.167. The van der Waals surface area contributed by atoms with Gasteiger partial charge in [-0.3, -0.25) is 9.78 Å². The monoisotopic (exact) mass is 232 g/mol. The van der Waals surface area contributed by atoms with E-state index in [0.29, 0.717) is 11.4 Å². The normalized spacial score (nSPS) is 12.4. The highest BCUT2D eigenvalue weighted by atomic mass is 16.5. The first kappa shape index (κ1) is 11.3. The van der Waals surface area contributed by atoms with Gasteiger partial charge in [0.2, 0.25) is 0 Å². The molecular formula is C12H12N2O3. The van der Waals surface area contributed by atoms with Crippen LogP contribution in [0.5, 0.6) is 5.75 Å². The summed E-state index contributed by atoms with van der Waals surface area (Å²) in [7, 11) is 1.58. The van der Waals surface area contributed by atoms with Crippen molar-refractivity contribution < 1.29 is 14.6 Å². The lowest BCUT2D eigenvalue weighted by Gasteiger charge is -2.10. The van der Waals surface area contributed by atoms with Crippen molar-refractivity contribution in [1.82, 2.24) is 4.98 Å². The molecule has 1 aromatic heterocycles. The van der Waals surface area contributed by atoms with Gasteiger partial charge in [0.1, 0.15) is 11.8 Å². The zero-order valence-corrected chi connectivity index (χ0v) is 9.25. The topological polar surface area (TPSA) is 85.4 Å². The van der Waals surface area contributed by atoms with E-state index in [4.69, 9.17) is 15.6 Å². The molecule has 0 saturated heterocycles. The molecule has 0 bridgehead atoms. The summed E-state index contributed by atoms with van der Waals surface area (Å²) in [6.45, 7) is 0. The summed E-state index contributed by atoms with van der Waals surface area (Å²) >= 11 is 0. The number of nitrogens with zero attached hydrogens (tertiary/aromatic N) is 1. The van der Waals surface area contributed by atoms with Crippen LogP contribution in [-0.2, 0) is 4.79 Å². The van der Waals surface area contributed by atoms with E-state index in [1.165, 1.54) is 0 Å². The highest BCUT2D eigenvalue weighted by Crippen LogP contribution is 2.25. The van der Waals surface area contributed by atoms with Gasteiger partial charge in [0.05, 0.1) is 12.8 Å². The van der Waals surface area contributed by atoms with Gasteiger partial charge in [-0.2, -0.15) is 0 Å². The first-order chi connectivity index (χ1) is 8.13. The number of pyridine rings is 1. The van der Waals surface area contributed by atoms with Crippen molar-refractivity contribution in [2.24, 2.45) is 5.73 Å². The summed E-state index contributed by atoms with van der Waals surface area (Å²) < 4.78 is 5.10. The van der Waals surface area contributed by atoms with Crippen molar-refractivity contribution in [3.8, 4) is 5.75 Å². The molecule has 1 atom stereocenters. The number of aliphatic carboxylic acids is 1. The van der Waals surface area contributed by atoms with Crippen molar-refractivity contribution in [3.05, 3.63) is 36.2 Å².